The molecule has 0 N–H and O–H groups in total. The van der Waals surface area contributed by atoms with E-state index in [1.54, 1.807) is 6.07 Å². The van der Waals surface area contributed by atoms with Crippen molar-refractivity contribution >= 4 is 24.6 Å². The number of rotatable bonds is 14. The predicted octanol–water partition coefficient (Wildman–Crippen LogP) is 6.92. The number of phosphoric acid groups is 1. The molecule has 7 heteroatoms. The molecule has 0 aliphatic heterocycles. The fourth-order valence-electron chi connectivity index (χ4n) is 2.77. The molecule has 0 aromatic heterocycles. The topological polar surface area (TPSA) is 71.1 Å². The first kappa shape index (κ1) is 24.4. The lowest BCUT2D eigenvalue weighted by molar-refractivity contribution is 0.0499. The second-order valence-electron chi connectivity index (χ2n) is 7.06. The zero-order valence-corrected chi connectivity index (χ0v) is 19.1. The molecule has 2 aromatic carbocycles. The highest BCUT2D eigenvalue weighted by Crippen LogP contribution is 2.51. The molecule has 30 heavy (non-hydrogen) atoms. The van der Waals surface area contributed by atoms with Crippen LogP contribution in [0.3, 0.4) is 0 Å². The van der Waals surface area contributed by atoms with Crippen molar-refractivity contribution in [2.24, 2.45) is 0 Å². The van der Waals surface area contributed by atoms with Crippen molar-refractivity contribution in [1.82, 2.24) is 0 Å². The van der Waals surface area contributed by atoms with Gasteiger partial charge < -0.3 is 9.26 Å². The van der Waals surface area contributed by atoms with Crippen molar-refractivity contribution in [1.29, 1.82) is 0 Å². The fraction of sp³-hybridized carbons (Fsp3) is 0.522. The molecular weight excluding hydrogens is 403 g/mol. The van der Waals surface area contributed by atoms with E-state index in [9.17, 15) is 9.36 Å². The lowest BCUT2D eigenvalue weighted by atomic mass is 10.0. The van der Waals surface area contributed by atoms with E-state index in [-0.39, 0.29) is 24.5 Å². The Balaban J connectivity index is 2.37. The lowest BCUT2D eigenvalue weighted by Crippen LogP contribution is -2.11. The molecule has 0 aliphatic carbocycles. The summed E-state index contributed by atoms with van der Waals surface area (Å²) < 4.78 is 35.5. The molecule has 0 aliphatic rings. The van der Waals surface area contributed by atoms with Crippen molar-refractivity contribution < 1.29 is 27.7 Å². The predicted molar refractivity (Wildman–Crippen MR) is 119 cm³/mol. The van der Waals surface area contributed by atoms with Gasteiger partial charge in [-0.05, 0) is 36.1 Å². The Hall–Kier alpha value is -1.88. The summed E-state index contributed by atoms with van der Waals surface area (Å²) in [6.45, 7) is 6.88. The summed E-state index contributed by atoms with van der Waals surface area (Å²) in [5.74, 6) is -0.365. The third-order valence-electron chi connectivity index (χ3n) is 4.53. The summed E-state index contributed by atoms with van der Waals surface area (Å²) in [4.78, 5) is 12.9. The summed E-state index contributed by atoms with van der Waals surface area (Å²) >= 11 is 0. The summed E-state index contributed by atoms with van der Waals surface area (Å²) in [5, 5.41) is 1.53. The van der Waals surface area contributed by atoms with Gasteiger partial charge in [0.1, 0.15) is 11.3 Å². The number of esters is 1. The molecule has 0 unspecified atom stereocenters. The van der Waals surface area contributed by atoms with Crippen LogP contribution in [-0.4, -0.2) is 25.8 Å². The van der Waals surface area contributed by atoms with Gasteiger partial charge in [0, 0.05) is 0 Å². The second-order valence-corrected chi connectivity index (χ2v) is 8.65. The third-order valence-corrected chi connectivity index (χ3v) is 5.95. The average molecular weight is 436 g/mol. The largest absolute Gasteiger partial charge is 0.530 e. The van der Waals surface area contributed by atoms with E-state index in [1.165, 1.54) is 0 Å². The maximum absolute atomic E-state index is 13.3. The number of benzene rings is 2. The Morgan fingerprint density at radius 2 is 1.43 bits per heavy atom. The van der Waals surface area contributed by atoms with Crippen LogP contribution >= 0.6 is 7.82 Å². The Morgan fingerprint density at radius 3 is 2.07 bits per heavy atom. The molecule has 0 fully saturated rings. The minimum atomic E-state index is -3.88. The fourth-order valence-corrected chi connectivity index (χ4v) is 4.05. The first-order valence-corrected chi connectivity index (χ1v) is 12.3. The van der Waals surface area contributed by atoms with Crippen LogP contribution < -0.4 is 4.52 Å². The Bertz CT molecular complexity index is 837. The number of hydrogen-bond acceptors (Lipinski definition) is 6. The number of phosphoric ester groups is 1. The van der Waals surface area contributed by atoms with Crippen LogP contribution in [0.4, 0.5) is 0 Å². The van der Waals surface area contributed by atoms with E-state index in [0.29, 0.717) is 12.0 Å². The molecular formula is C23H33O6P. The molecule has 6 nitrogen and oxygen atoms in total. The number of fused-ring (bicyclic) bond motifs is 1. The quantitative estimate of drug-likeness (QED) is 0.182. The number of hydrogen-bond donors (Lipinski definition) is 0. The number of ether oxygens (including phenoxy) is 1. The van der Waals surface area contributed by atoms with Crippen LogP contribution in [0, 0.1) is 0 Å². The minimum absolute atomic E-state index is 0.145. The highest BCUT2D eigenvalue weighted by atomic mass is 31.2. The molecule has 0 heterocycles. The molecule has 2 rings (SSSR count). The summed E-state index contributed by atoms with van der Waals surface area (Å²) in [7, 11) is -3.88. The van der Waals surface area contributed by atoms with Gasteiger partial charge in [-0.2, -0.15) is 0 Å². The van der Waals surface area contributed by atoms with E-state index in [1.807, 2.05) is 51.1 Å². The Kier molecular flexibility index (Phi) is 10.4. The number of unbranched alkanes of at least 4 members (excludes halogenated alkanes) is 3. The molecule has 0 atom stereocenters. The lowest BCUT2D eigenvalue weighted by Gasteiger charge is -2.20. The van der Waals surface area contributed by atoms with Crippen molar-refractivity contribution in [2.75, 3.05) is 19.8 Å². The molecule has 0 spiro atoms. The van der Waals surface area contributed by atoms with Crippen LogP contribution in [0.15, 0.2) is 36.4 Å². The second kappa shape index (κ2) is 12.7. The third kappa shape index (κ3) is 7.12. The van der Waals surface area contributed by atoms with Crippen LogP contribution in [-0.2, 0) is 18.3 Å². The first-order chi connectivity index (χ1) is 14.5. The van der Waals surface area contributed by atoms with Crippen molar-refractivity contribution in [3.8, 4) is 5.75 Å². The Morgan fingerprint density at radius 1 is 0.833 bits per heavy atom. The molecule has 2 aromatic rings. The standard InChI is InChI=1S/C23H33O6P/c1-4-7-16-26-23(24)22-20-13-11-10-12-19(20)14-15-21(22)29-30(25,27-17-8-5-2)28-18-9-6-3/h10-15H,4-9,16-18H2,1-3H3. The van der Waals surface area contributed by atoms with Gasteiger partial charge >= 0.3 is 13.8 Å². The van der Waals surface area contributed by atoms with Gasteiger partial charge in [0.2, 0.25) is 0 Å². The van der Waals surface area contributed by atoms with E-state index in [4.69, 9.17) is 18.3 Å². The maximum atomic E-state index is 13.3. The monoisotopic (exact) mass is 436 g/mol. The highest BCUT2D eigenvalue weighted by molar-refractivity contribution is 7.48. The number of carbonyl (C=O) groups is 1. The normalized spacial score (nSPS) is 11.6. The average Bonchev–Trinajstić information content (AvgIpc) is 2.74. The molecule has 166 valence electrons. The van der Waals surface area contributed by atoms with Gasteiger partial charge in [0.05, 0.1) is 19.8 Å². The van der Waals surface area contributed by atoms with Gasteiger partial charge in [-0.15, -0.1) is 0 Å². The Labute approximate surface area is 179 Å². The van der Waals surface area contributed by atoms with E-state index in [0.717, 1.165) is 43.9 Å². The minimum Gasteiger partial charge on any atom is -0.462 e. The zero-order valence-electron chi connectivity index (χ0n) is 18.2. The first-order valence-electron chi connectivity index (χ1n) is 10.8. The molecule has 0 saturated heterocycles. The number of carbonyl (C=O) groups excluding carboxylic acids is 1. The summed E-state index contributed by atoms with van der Waals surface area (Å²) in [5.41, 5.74) is 0.239. The molecule has 0 saturated carbocycles. The van der Waals surface area contributed by atoms with Crippen molar-refractivity contribution in [3.63, 3.8) is 0 Å². The van der Waals surface area contributed by atoms with Gasteiger partial charge in [0.25, 0.3) is 0 Å². The highest BCUT2D eigenvalue weighted by Gasteiger charge is 2.31. The van der Waals surface area contributed by atoms with Crippen LogP contribution in [0.2, 0.25) is 0 Å². The van der Waals surface area contributed by atoms with Gasteiger partial charge in [-0.3, -0.25) is 9.05 Å². The van der Waals surface area contributed by atoms with Crippen LogP contribution in [0.1, 0.15) is 69.7 Å². The van der Waals surface area contributed by atoms with Gasteiger partial charge in [-0.25, -0.2) is 9.36 Å². The van der Waals surface area contributed by atoms with Crippen molar-refractivity contribution in [3.05, 3.63) is 42.0 Å². The van der Waals surface area contributed by atoms with E-state index < -0.39 is 13.8 Å². The van der Waals surface area contributed by atoms with Crippen LogP contribution in [0.5, 0.6) is 5.75 Å². The van der Waals surface area contributed by atoms with Crippen molar-refractivity contribution in [2.45, 2.75) is 59.3 Å². The van der Waals surface area contributed by atoms with Gasteiger partial charge in [-0.1, -0.05) is 70.4 Å². The van der Waals surface area contributed by atoms with E-state index >= 15 is 0 Å². The zero-order chi connectivity index (χ0) is 21.8. The molecule has 0 radical (unpaired) electrons. The summed E-state index contributed by atoms with van der Waals surface area (Å²) in [6, 6.07) is 10.9. The smallest absolute Gasteiger partial charge is 0.462 e. The molecule has 0 amide bonds. The molecule has 0 bridgehead atoms. The van der Waals surface area contributed by atoms with Crippen LogP contribution in [0.25, 0.3) is 10.8 Å². The summed E-state index contributed by atoms with van der Waals surface area (Å²) in [6.07, 6.45) is 4.92. The SMILES string of the molecule is CCCCOC(=O)c1c(OP(=O)(OCCCC)OCCCC)ccc2ccccc12. The van der Waals surface area contributed by atoms with Gasteiger partial charge in [0.15, 0.2) is 0 Å². The van der Waals surface area contributed by atoms with E-state index in [2.05, 4.69) is 0 Å². The maximum Gasteiger partial charge on any atom is 0.530 e.